The quantitative estimate of drug-likeness (QED) is 0.760. The van der Waals surface area contributed by atoms with E-state index in [1.807, 2.05) is 17.0 Å². The Morgan fingerprint density at radius 1 is 1.23 bits per heavy atom. The van der Waals surface area contributed by atoms with Gasteiger partial charge in [-0.05, 0) is 54.4 Å². The van der Waals surface area contributed by atoms with Gasteiger partial charge < -0.3 is 15.0 Å². The molecule has 2 saturated heterocycles. The van der Waals surface area contributed by atoms with Gasteiger partial charge in [0.2, 0.25) is 11.8 Å². The first-order valence-electron chi connectivity index (χ1n) is 11.1. The summed E-state index contributed by atoms with van der Waals surface area (Å²) >= 11 is 0. The molecule has 0 unspecified atom stereocenters. The van der Waals surface area contributed by atoms with E-state index in [1.54, 1.807) is 7.11 Å². The van der Waals surface area contributed by atoms with Crippen molar-refractivity contribution in [2.24, 2.45) is 5.92 Å². The first-order valence-corrected chi connectivity index (χ1v) is 11.1. The number of amides is 2. The number of benzene rings is 2. The standard InChI is InChI=1S/C25H32N2O3/c1-30-18-20-5-4-14-27(17-20)24(29)11-13-25(12-10-23(28)26-25)16-19-8-9-21-6-2-3-7-22(21)15-19/h2-3,6-9,15,20H,4-5,10-14,16-18H2,1H3,(H,26,28)/t20-,25-/m0/s1. The summed E-state index contributed by atoms with van der Waals surface area (Å²) in [5.41, 5.74) is 0.887. The first kappa shape index (κ1) is 20.9. The van der Waals surface area contributed by atoms with Gasteiger partial charge in [0.15, 0.2) is 0 Å². The molecule has 2 amide bonds. The zero-order chi connectivity index (χ0) is 21.0. The highest BCUT2D eigenvalue weighted by Crippen LogP contribution is 2.31. The number of methoxy groups -OCH3 is 1. The summed E-state index contributed by atoms with van der Waals surface area (Å²) in [7, 11) is 1.72. The van der Waals surface area contributed by atoms with E-state index < -0.39 is 0 Å². The highest BCUT2D eigenvalue weighted by molar-refractivity contribution is 5.83. The molecule has 2 fully saturated rings. The number of hydrogen-bond donors (Lipinski definition) is 1. The molecule has 1 N–H and O–H groups in total. The number of rotatable bonds is 7. The summed E-state index contributed by atoms with van der Waals surface area (Å²) in [5, 5.41) is 5.65. The van der Waals surface area contributed by atoms with Gasteiger partial charge in [0.25, 0.3) is 0 Å². The lowest BCUT2D eigenvalue weighted by Gasteiger charge is -2.34. The third-order valence-corrected chi connectivity index (χ3v) is 6.68. The maximum atomic E-state index is 12.9. The van der Waals surface area contributed by atoms with Crippen LogP contribution in [0.25, 0.3) is 10.8 Å². The third kappa shape index (κ3) is 4.84. The summed E-state index contributed by atoms with van der Waals surface area (Å²) in [5.74, 6) is 0.738. The zero-order valence-electron chi connectivity index (χ0n) is 17.9. The van der Waals surface area contributed by atoms with E-state index in [1.165, 1.54) is 16.3 Å². The third-order valence-electron chi connectivity index (χ3n) is 6.68. The van der Waals surface area contributed by atoms with Crippen molar-refractivity contribution in [3.8, 4) is 0 Å². The number of carbonyl (C=O) groups excluding carboxylic acids is 2. The minimum Gasteiger partial charge on any atom is -0.384 e. The number of piperidine rings is 1. The Morgan fingerprint density at radius 2 is 2.07 bits per heavy atom. The molecule has 2 aromatic carbocycles. The number of nitrogens with zero attached hydrogens (tertiary/aromatic N) is 1. The second-order valence-electron chi connectivity index (χ2n) is 8.99. The van der Waals surface area contributed by atoms with Crippen molar-refractivity contribution in [2.45, 2.75) is 50.5 Å². The second kappa shape index (κ2) is 9.17. The number of carbonyl (C=O) groups is 2. The Kier molecular flexibility index (Phi) is 6.38. The smallest absolute Gasteiger partial charge is 0.222 e. The van der Waals surface area contributed by atoms with Crippen LogP contribution >= 0.6 is 0 Å². The van der Waals surface area contributed by atoms with E-state index in [-0.39, 0.29) is 17.4 Å². The van der Waals surface area contributed by atoms with Crippen molar-refractivity contribution in [1.82, 2.24) is 10.2 Å². The Balaban J connectivity index is 1.43. The largest absolute Gasteiger partial charge is 0.384 e. The molecule has 5 nitrogen and oxygen atoms in total. The van der Waals surface area contributed by atoms with Crippen LogP contribution in [-0.4, -0.2) is 49.1 Å². The average Bonchev–Trinajstić information content (AvgIpc) is 3.13. The number of ether oxygens (including phenoxy) is 1. The fraction of sp³-hybridized carbons (Fsp3) is 0.520. The van der Waals surface area contributed by atoms with Crippen LogP contribution in [0.5, 0.6) is 0 Å². The van der Waals surface area contributed by atoms with Gasteiger partial charge in [-0.3, -0.25) is 9.59 Å². The average molecular weight is 409 g/mol. The predicted octanol–water partition coefficient (Wildman–Crippen LogP) is 3.70. The summed E-state index contributed by atoms with van der Waals surface area (Å²) in [6, 6.07) is 14.8. The van der Waals surface area contributed by atoms with Crippen LogP contribution in [0.4, 0.5) is 0 Å². The summed E-state index contributed by atoms with van der Waals surface area (Å²) in [4.78, 5) is 27.0. The van der Waals surface area contributed by atoms with Gasteiger partial charge in [-0.15, -0.1) is 0 Å². The van der Waals surface area contributed by atoms with Crippen molar-refractivity contribution in [3.63, 3.8) is 0 Å². The molecule has 0 aromatic heterocycles. The van der Waals surface area contributed by atoms with Crippen molar-refractivity contribution in [3.05, 3.63) is 48.0 Å². The molecule has 30 heavy (non-hydrogen) atoms. The Labute approximate surface area is 178 Å². The highest BCUT2D eigenvalue weighted by atomic mass is 16.5. The van der Waals surface area contributed by atoms with E-state index in [9.17, 15) is 9.59 Å². The normalized spacial score (nSPS) is 24.2. The molecule has 0 aliphatic carbocycles. The molecule has 2 heterocycles. The van der Waals surface area contributed by atoms with Crippen LogP contribution in [0.3, 0.4) is 0 Å². The monoisotopic (exact) mass is 408 g/mol. The molecule has 2 aliphatic heterocycles. The summed E-state index contributed by atoms with van der Waals surface area (Å²) in [6.45, 7) is 2.34. The first-order chi connectivity index (χ1) is 14.6. The van der Waals surface area contributed by atoms with Gasteiger partial charge in [0.1, 0.15) is 0 Å². The number of likely N-dealkylation sites (tertiary alicyclic amines) is 1. The minimum atomic E-state index is -0.323. The molecular formula is C25H32N2O3. The maximum Gasteiger partial charge on any atom is 0.222 e. The molecular weight excluding hydrogens is 376 g/mol. The molecule has 0 spiro atoms. The molecule has 0 bridgehead atoms. The minimum absolute atomic E-state index is 0.0985. The molecule has 4 rings (SSSR count). The van der Waals surface area contributed by atoms with Crippen LogP contribution in [0.2, 0.25) is 0 Å². The van der Waals surface area contributed by atoms with Gasteiger partial charge >= 0.3 is 0 Å². The van der Waals surface area contributed by atoms with Crippen LogP contribution in [0, 0.1) is 5.92 Å². The van der Waals surface area contributed by atoms with E-state index in [2.05, 4.69) is 35.6 Å². The Bertz CT molecular complexity index is 910. The number of fused-ring (bicyclic) bond motifs is 1. The summed E-state index contributed by atoms with van der Waals surface area (Å²) in [6.07, 6.45) is 5.44. The lowest BCUT2D eigenvalue weighted by molar-refractivity contribution is -0.134. The molecule has 0 saturated carbocycles. The van der Waals surface area contributed by atoms with Crippen LogP contribution < -0.4 is 5.32 Å². The van der Waals surface area contributed by atoms with Gasteiger partial charge in [-0.25, -0.2) is 0 Å². The topological polar surface area (TPSA) is 58.6 Å². The van der Waals surface area contributed by atoms with E-state index in [0.29, 0.717) is 31.8 Å². The molecule has 2 aromatic rings. The fourth-order valence-corrected chi connectivity index (χ4v) is 5.09. The number of hydrogen-bond acceptors (Lipinski definition) is 3. The van der Waals surface area contributed by atoms with E-state index in [0.717, 1.165) is 38.8 Å². The Hall–Kier alpha value is -2.40. The van der Waals surface area contributed by atoms with Crippen LogP contribution in [-0.2, 0) is 20.7 Å². The van der Waals surface area contributed by atoms with Crippen LogP contribution in [0.1, 0.15) is 44.1 Å². The number of nitrogens with one attached hydrogen (secondary N) is 1. The molecule has 160 valence electrons. The van der Waals surface area contributed by atoms with Gasteiger partial charge in [-0.2, -0.15) is 0 Å². The van der Waals surface area contributed by atoms with Crippen molar-refractivity contribution < 1.29 is 14.3 Å². The van der Waals surface area contributed by atoms with Crippen LogP contribution in [0.15, 0.2) is 42.5 Å². The van der Waals surface area contributed by atoms with Crippen molar-refractivity contribution >= 4 is 22.6 Å². The molecule has 0 radical (unpaired) electrons. The lowest BCUT2D eigenvalue weighted by atomic mass is 9.84. The molecule has 2 atom stereocenters. The summed E-state index contributed by atoms with van der Waals surface area (Å²) < 4.78 is 5.29. The zero-order valence-corrected chi connectivity index (χ0v) is 17.9. The van der Waals surface area contributed by atoms with Gasteiger partial charge in [-0.1, -0.05) is 42.5 Å². The fourth-order valence-electron chi connectivity index (χ4n) is 5.09. The van der Waals surface area contributed by atoms with Crippen molar-refractivity contribution in [1.29, 1.82) is 0 Å². The molecule has 2 aliphatic rings. The van der Waals surface area contributed by atoms with E-state index >= 15 is 0 Å². The van der Waals surface area contributed by atoms with Gasteiger partial charge in [0.05, 0.1) is 6.61 Å². The van der Waals surface area contributed by atoms with Gasteiger partial charge in [0, 0.05) is 38.6 Å². The SMILES string of the molecule is COC[C@H]1CCCN(C(=O)CC[C@]2(Cc3ccc4ccccc4c3)CCC(=O)N2)C1. The lowest BCUT2D eigenvalue weighted by Crippen LogP contribution is -2.46. The molecule has 5 heteroatoms. The second-order valence-corrected chi connectivity index (χ2v) is 8.99. The predicted molar refractivity (Wildman–Crippen MR) is 118 cm³/mol. The highest BCUT2D eigenvalue weighted by Gasteiger charge is 2.38. The van der Waals surface area contributed by atoms with E-state index in [4.69, 9.17) is 4.74 Å². The van der Waals surface area contributed by atoms with Crippen molar-refractivity contribution in [2.75, 3.05) is 26.8 Å². The maximum absolute atomic E-state index is 12.9. The Morgan fingerprint density at radius 3 is 2.83 bits per heavy atom.